The molecule has 1 amide bonds. The largest absolute Gasteiger partial charge is 0.364 e. The highest BCUT2D eigenvalue weighted by atomic mass is 35.5. The Balaban J connectivity index is 1.53. The van der Waals surface area contributed by atoms with E-state index in [0.29, 0.717) is 42.5 Å². The van der Waals surface area contributed by atoms with E-state index in [1.54, 1.807) is 46.4 Å². The van der Waals surface area contributed by atoms with Gasteiger partial charge in [-0.05, 0) is 24.3 Å². The number of aromatic nitrogens is 1. The SMILES string of the molecule is O=C(ON1CCN(C(=O)c2ccc(Cl)nc2)CC1)c1ccccc1. The van der Waals surface area contributed by atoms with Gasteiger partial charge in [-0.15, -0.1) is 5.06 Å². The normalized spacial score (nSPS) is 15.1. The molecule has 0 unspecified atom stereocenters. The summed E-state index contributed by atoms with van der Waals surface area (Å²) in [5.74, 6) is -0.495. The fraction of sp³-hybridized carbons (Fsp3) is 0.235. The molecular formula is C17H16ClN3O3. The minimum absolute atomic E-state index is 0.104. The predicted octanol–water partition coefficient (Wildman–Crippen LogP) is 2.26. The lowest BCUT2D eigenvalue weighted by molar-refractivity contribution is -0.126. The quantitative estimate of drug-likeness (QED) is 0.798. The number of piperazine rings is 1. The lowest BCUT2D eigenvalue weighted by Crippen LogP contribution is -2.49. The van der Waals surface area contributed by atoms with E-state index < -0.39 is 5.97 Å². The van der Waals surface area contributed by atoms with Crippen molar-refractivity contribution >= 4 is 23.5 Å². The Bertz CT molecular complexity index is 714. The number of carbonyl (C=O) groups excluding carboxylic acids is 2. The second-order valence-electron chi connectivity index (χ2n) is 5.34. The maximum Gasteiger partial charge on any atom is 0.357 e. The summed E-state index contributed by atoms with van der Waals surface area (Å²) >= 11 is 5.73. The van der Waals surface area contributed by atoms with Crippen LogP contribution in [0.5, 0.6) is 0 Å². The topological polar surface area (TPSA) is 62.7 Å². The van der Waals surface area contributed by atoms with E-state index in [1.165, 1.54) is 6.20 Å². The third-order valence-electron chi connectivity index (χ3n) is 3.72. The van der Waals surface area contributed by atoms with Crippen molar-refractivity contribution in [3.8, 4) is 0 Å². The van der Waals surface area contributed by atoms with E-state index in [9.17, 15) is 9.59 Å². The Hall–Kier alpha value is -2.44. The van der Waals surface area contributed by atoms with Crippen LogP contribution in [0.3, 0.4) is 0 Å². The minimum Gasteiger partial charge on any atom is -0.364 e. The molecule has 1 aromatic carbocycles. The van der Waals surface area contributed by atoms with Crippen molar-refractivity contribution in [3.05, 3.63) is 64.9 Å². The predicted molar refractivity (Wildman–Crippen MR) is 88.6 cm³/mol. The lowest BCUT2D eigenvalue weighted by atomic mass is 10.2. The number of hydrogen-bond acceptors (Lipinski definition) is 5. The van der Waals surface area contributed by atoms with Gasteiger partial charge in [-0.25, -0.2) is 9.78 Å². The van der Waals surface area contributed by atoms with Gasteiger partial charge in [-0.2, -0.15) is 0 Å². The third-order valence-corrected chi connectivity index (χ3v) is 3.95. The summed E-state index contributed by atoms with van der Waals surface area (Å²) in [6.07, 6.45) is 1.46. The summed E-state index contributed by atoms with van der Waals surface area (Å²) in [4.78, 5) is 35.4. The Morgan fingerprint density at radius 2 is 1.67 bits per heavy atom. The molecule has 124 valence electrons. The molecule has 6 nitrogen and oxygen atoms in total. The number of pyridine rings is 1. The second-order valence-corrected chi connectivity index (χ2v) is 5.72. The van der Waals surface area contributed by atoms with E-state index in [2.05, 4.69) is 4.98 Å². The second kappa shape index (κ2) is 7.42. The van der Waals surface area contributed by atoms with Crippen LogP contribution in [0.25, 0.3) is 0 Å². The maximum absolute atomic E-state index is 12.4. The molecule has 2 heterocycles. The van der Waals surface area contributed by atoms with Crippen molar-refractivity contribution in [1.29, 1.82) is 0 Å². The molecule has 0 bridgehead atoms. The highest BCUT2D eigenvalue weighted by Crippen LogP contribution is 2.12. The van der Waals surface area contributed by atoms with Crippen LogP contribution in [0.4, 0.5) is 0 Å². The zero-order valence-electron chi connectivity index (χ0n) is 12.9. The van der Waals surface area contributed by atoms with Crippen molar-refractivity contribution in [2.75, 3.05) is 26.2 Å². The third kappa shape index (κ3) is 3.90. The van der Waals surface area contributed by atoms with Crippen LogP contribution in [0.1, 0.15) is 20.7 Å². The van der Waals surface area contributed by atoms with Crippen molar-refractivity contribution in [2.45, 2.75) is 0 Å². The average molecular weight is 346 g/mol. The Morgan fingerprint density at radius 3 is 2.29 bits per heavy atom. The zero-order chi connectivity index (χ0) is 16.9. The average Bonchev–Trinajstić information content (AvgIpc) is 2.63. The first-order valence-electron chi connectivity index (χ1n) is 7.56. The number of nitrogens with zero attached hydrogens (tertiary/aromatic N) is 3. The van der Waals surface area contributed by atoms with Gasteiger partial charge >= 0.3 is 5.97 Å². The summed E-state index contributed by atoms with van der Waals surface area (Å²) < 4.78 is 0. The molecule has 0 aliphatic carbocycles. The number of benzene rings is 1. The molecule has 0 spiro atoms. The molecule has 24 heavy (non-hydrogen) atoms. The van der Waals surface area contributed by atoms with Gasteiger partial charge in [0.1, 0.15) is 5.15 Å². The van der Waals surface area contributed by atoms with Crippen LogP contribution in [0, 0.1) is 0 Å². The van der Waals surface area contributed by atoms with Crippen molar-refractivity contribution in [2.24, 2.45) is 0 Å². The van der Waals surface area contributed by atoms with E-state index in [-0.39, 0.29) is 5.91 Å². The van der Waals surface area contributed by atoms with Crippen LogP contribution in [0.15, 0.2) is 48.7 Å². The fourth-order valence-electron chi connectivity index (χ4n) is 2.41. The standard InChI is InChI=1S/C17H16ClN3O3/c18-15-7-6-14(12-19-15)16(22)20-8-10-21(11-9-20)24-17(23)13-4-2-1-3-5-13/h1-7,12H,8-11H2. The van der Waals surface area contributed by atoms with Gasteiger partial charge in [0.15, 0.2) is 0 Å². The van der Waals surface area contributed by atoms with Gasteiger partial charge in [0.2, 0.25) is 0 Å². The molecule has 0 atom stereocenters. The smallest absolute Gasteiger partial charge is 0.357 e. The highest BCUT2D eigenvalue weighted by molar-refractivity contribution is 6.29. The van der Waals surface area contributed by atoms with Gasteiger partial charge in [-0.1, -0.05) is 29.8 Å². The van der Waals surface area contributed by atoms with Crippen molar-refractivity contribution < 1.29 is 14.4 Å². The van der Waals surface area contributed by atoms with Gasteiger partial charge in [0.05, 0.1) is 24.2 Å². The molecular weight excluding hydrogens is 330 g/mol. The number of amides is 1. The van der Waals surface area contributed by atoms with E-state index in [1.807, 2.05) is 6.07 Å². The van der Waals surface area contributed by atoms with E-state index in [4.69, 9.17) is 16.4 Å². The van der Waals surface area contributed by atoms with Crippen LogP contribution in [0.2, 0.25) is 5.15 Å². The van der Waals surface area contributed by atoms with Crippen molar-refractivity contribution in [3.63, 3.8) is 0 Å². The molecule has 0 saturated carbocycles. The molecule has 1 saturated heterocycles. The first kappa shape index (κ1) is 16.4. The van der Waals surface area contributed by atoms with E-state index in [0.717, 1.165) is 0 Å². The number of hydroxylamine groups is 2. The summed E-state index contributed by atoms with van der Waals surface area (Å²) in [7, 11) is 0. The Morgan fingerprint density at radius 1 is 0.958 bits per heavy atom. The first-order valence-corrected chi connectivity index (χ1v) is 7.94. The van der Waals surface area contributed by atoms with Crippen LogP contribution in [-0.2, 0) is 4.84 Å². The lowest BCUT2D eigenvalue weighted by Gasteiger charge is -2.33. The fourth-order valence-corrected chi connectivity index (χ4v) is 2.52. The highest BCUT2D eigenvalue weighted by Gasteiger charge is 2.24. The molecule has 7 heteroatoms. The van der Waals surface area contributed by atoms with Gasteiger partial charge in [0, 0.05) is 19.3 Å². The Kier molecular flexibility index (Phi) is 5.08. The van der Waals surface area contributed by atoms with Gasteiger partial charge in [0.25, 0.3) is 5.91 Å². The molecule has 1 fully saturated rings. The maximum atomic E-state index is 12.4. The first-order chi connectivity index (χ1) is 11.6. The van der Waals surface area contributed by atoms with Crippen LogP contribution >= 0.6 is 11.6 Å². The molecule has 1 aliphatic heterocycles. The van der Waals surface area contributed by atoms with Crippen LogP contribution in [-0.4, -0.2) is 53.0 Å². The molecule has 1 aliphatic rings. The van der Waals surface area contributed by atoms with Gasteiger partial charge < -0.3 is 9.74 Å². The van der Waals surface area contributed by atoms with Gasteiger partial charge in [-0.3, -0.25) is 4.79 Å². The van der Waals surface area contributed by atoms with Crippen LogP contribution < -0.4 is 0 Å². The molecule has 0 N–H and O–H groups in total. The summed E-state index contributed by atoms with van der Waals surface area (Å²) in [5, 5.41) is 1.93. The Labute approximate surface area is 144 Å². The summed E-state index contributed by atoms with van der Waals surface area (Å²) in [6, 6.07) is 12.1. The number of halogens is 1. The van der Waals surface area contributed by atoms with E-state index >= 15 is 0 Å². The molecule has 2 aromatic rings. The summed E-state index contributed by atoms with van der Waals surface area (Å²) in [5.41, 5.74) is 0.998. The van der Waals surface area contributed by atoms with Crippen molar-refractivity contribution in [1.82, 2.24) is 14.9 Å². The summed E-state index contributed by atoms with van der Waals surface area (Å²) in [6.45, 7) is 1.88. The number of hydrogen-bond donors (Lipinski definition) is 0. The molecule has 3 rings (SSSR count). The molecule has 0 radical (unpaired) electrons. The number of carbonyl (C=O) groups is 2. The molecule has 1 aromatic heterocycles. The zero-order valence-corrected chi connectivity index (χ0v) is 13.6. The number of rotatable bonds is 3. The minimum atomic E-state index is -0.391. The monoisotopic (exact) mass is 345 g/mol.